The summed E-state index contributed by atoms with van der Waals surface area (Å²) in [4.78, 5) is 0. The predicted octanol–water partition coefficient (Wildman–Crippen LogP) is 1.66. The molecule has 0 saturated heterocycles. The average Bonchev–Trinajstić information content (AvgIpc) is 2.13. The van der Waals surface area contributed by atoms with Gasteiger partial charge < -0.3 is 5.11 Å². The Kier molecular flexibility index (Phi) is 2.12. The molecule has 0 radical (unpaired) electrons. The second kappa shape index (κ2) is 2.70. The Balaban J connectivity index is 2.35. The van der Waals surface area contributed by atoms with Gasteiger partial charge in [0.15, 0.2) is 0 Å². The Labute approximate surface area is 57.1 Å². The van der Waals surface area contributed by atoms with Gasteiger partial charge in [0.2, 0.25) is 0 Å². The van der Waals surface area contributed by atoms with E-state index in [4.69, 9.17) is 5.11 Å². The average molecular weight is 128 g/mol. The van der Waals surface area contributed by atoms with E-state index in [1.807, 2.05) is 0 Å². The maximum absolute atomic E-state index is 8.80. The maximum atomic E-state index is 8.80. The van der Waals surface area contributed by atoms with Gasteiger partial charge in [-0.05, 0) is 30.6 Å². The fraction of sp³-hybridized carbons (Fsp3) is 1.00. The lowest BCUT2D eigenvalue weighted by Crippen LogP contribution is -1.99. The summed E-state index contributed by atoms with van der Waals surface area (Å²) in [6.07, 6.45) is 2.47. The second-order valence-corrected chi connectivity index (χ2v) is 3.47. The molecule has 0 unspecified atom stereocenters. The highest BCUT2D eigenvalue weighted by atomic mass is 16.3. The molecule has 9 heavy (non-hydrogen) atoms. The molecule has 0 aliphatic heterocycles. The van der Waals surface area contributed by atoms with Crippen LogP contribution in [0.3, 0.4) is 0 Å². The summed E-state index contributed by atoms with van der Waals surface area (Å²) >= 11 is 0. The first-order valence-corrected chi connectivity index (χ1v) is 3.85. The minimum absolute atomic E-state index is 0.398. The molecule has 1 aliphatic carbocycles. The molecule has 1 aliphatic rings. The summed E-state index contributed by atoms with van der Waals surface area (Å²) in [7, 11) is 0. The lowest BCUT2D eigenvalue weighted by molar-refractivity contribution is 0.225. The summed E-state index contributed by atoms with van der Waals surface area (Å²) in [5.41, 5.74) is 0. The van der Waals surface area contributed by atoms with Gasteiger partial charge in [0.25, 0.3) is 0 Å². The van der Waals surface area contributed by atoms with Crippen molar-refractivity contribution in [2.45, 2.75) is 26.7 Å². The van der Waals surface area contributed by atoms with E-state index < -0.39 is 0 Å². The van der Waals surface area contributed by atoms with Crippen LogP contribution in [0.15, 0.2) is 0 Å². The molecule has 0 amide bonds. The molecular weight excluding hydrogens is 112 g/mol. The van der Waals surface area contributed by atoms with Gasteiger partial charge in [-0.1, -0.05) is 13.8 Å². The monoisotopic (exact) mass is 128 g/mol. The Morgan fingerprint density at radius 2 is 1.67 bits per heavy atom. The van der Waals surface area contributed by atoms with Crippen molar-refractivity contribution in [1.29, 1.82) is 0 Å². The molecule has 1 fully saturated rings. The Morgan fingerprint density at radius 1 is 1.22 bits per heavy atom. The normalized spacial score (nSPS) is 43.7. The molecule has 1 N–H and O–H groups in total. The SMILES string of the molecule is C[C@@H]1C[C@H](CO)C[C@@H]1C. The number of rotatable bonds is 1. The van der Waals surface area contributed by atoms with Crippen molar-refractivity contribution >= 4 is 0 Å². The molecule has 0 bridgehead atoms. The van der Waals surface area contributed by atoms with Crippen molar-refractivity contribution in [3.05, 3.63) is 0 Å². The van der Waals surface area contributed by atoms with E-state index in [0.717, 1.165) is 11.8 Å². The van der Waals surface area contributed by atoms with Crippen LogP contribution in [0.4, 0.5) is 0 Å². The predicted molar refractivity (Wildman–Crippen MR) is 38.1 cm³/mol. The largest absolute Gasteiger partial charge is 0.396 e. The summed E-state index contributed by atoms with van der Waals surface area (Å²) < 4.78 is 0. The molecule has 1 heteroatoms. The summed E-state index contributed by atoms with van der Waals surface area (Å²) in [6.45, 7) is 4.95. The van der Waals surface area contributed by atoms with Crippen molar-refractivity contribution < 1.29 is 5.11 Å². The molecule has 0 aromatic heterocycles. The third kappa shape index (κ3) is 1.45. The van der Waals surface area contributed by atoms with Crippen molar-refractivity contribution in [3.8, 4) is 0 Å². The molecule has 1 saturated carbocycles. The zero-order valence-corrected chi connectivity index (χ0v) is 6.30. The zero-order chi connectivity index (χ0) is 6.85. The fourth-order valence-corrected chi connectivity index (χ4v) is 1.76. The van der Waals surface area contributed by atoms with Gasteiger partial charge in [0.05, 0.1) is 0 Å². The molecule has 0 aromatic rings. The van der Waals surface area contributed by atoms with Crippen LogP contribution < -0.4 is 0 Å². The fourth-order valence-electron chi connectivity index (χ4n) is 1.76. The number of aliphatic hydroxyl groups is 1. The summed E-state index contributed by atoms with van der Waals surface area (Å²) in [6, 6.07) is 0. The smallest absolute Gasteiger partial charge is 0.0459 e. The zero-order valence-electron chi connectivity index (χ0n) is 6.30. The Morgan fingerprint density at radius 3 is 1.89 bits per heavy atom. The first-order chi connectivity index (χ1) is 4.24. The van der Waals surface area contributed by atoms with Crippen molar-refractivity contribution in [2.24, 2.45) is 17.8 Å². The molecular formula is C8H16O. The Bertz CT molecular complexity index is 80.6. The van der Waals surface area contributed by atoms with Crippen LogP contribution in [0.1, 0.15) is 26.7 Å². The number of hydrogen-bond donors (Lipinski definition) is 1. The molecule has 0 aromatic carbocycles. The van der Waals surface area contributed by atoms with Gasteiger partial charge in [-0.25, -0.2) is 0 Å². The first-order valence-electron chi connectivity index (χ1n) is 3.85. The number of aliphatic hydroxyl groups excluding tert-OH is 1. The van der Waals surface area contributed by atoms with Gasteiger partial charge in [0, 0.05) is 6.61 Å². The van der Waals surface area contributed by atoms with E-state index in [1.54, 1.807) is 0 Å². The van der Waals surface area contributed by atoms with Crippen molar-refractivity contribution in [1.82, 2.24) is 0 Å². The lowest BCUT2D eigenvalue weighted by Gasteiger charge is -2.04. The molecule has 3 atom stereocenters. The highest BCUT2D eigenvalue weighted by molar-refractivity contribution is 4.77. The van der Waals surface area contributed by atoms with Crippen molar-refractivity contribution in [2.75, 3.05) is 6.61 Å². The molecule has 54 valence electrons. The van der Waals surface area contributed by atoms with Crippen LogP contribution in [-0.2, 0) is 0 Å². The molecule has 1 rings (SSSR count). The van der Waals surface area contributed by atoms with E-state index >= 15 is 0 Å². The van der Waals surface area contributed by atoms with Gasteiger partial charge in [0.1, 0.15) is 0 Å². The van der Waals surface area contributed by atoms with Crippen LogP contribution >= 0.6 is 0 Å². The van der Waals surface area contributed by atoms with Crippen molar-refractivity contribution in [3.63, 3.8) is 0 Å². The van der Waals surface area contributed by atoms with Crippen LogP contribution in [0, 0.1) is 17.8 Å². The molecule has 0 spiro atoms. The van der Waals surface area contributed by atoms with Gasteiger partial charge in [-0.3, -0.25) is 0 Å². The molecule has 1 nitrogen and oxygen atoms in total. The van der Waals surface area contributed by atoms with E-state index in [1.165, 1.54) is 12.8 Å². The summed E-state index contributed by atoms with van der Waals surface area (Å²) in [5.74, 6) is 2.28. The topological polar surface area (TPSA) is 20.2 Å². The Hall–Kier alpha value is -0.0400. The lowest BCUT2D eigenvalue weighted by atomic mass is 10.0. The van der Waals surface area contributed by atoms with E-state index in [0.29, 0.717) is 12.5 Å². The number of hydrogen-bond acceptors (Lipinski definition) is 1. The molecule has 0 heterocycles. The van der Waals surface area contributed by atoms with Gasteiger partial charge >= 0.3 is 0 Å². The van der Waals surface area contributed by atoms with E-state index in [2.05, 4.69) is 13.8 Å². The minimum atomic E-state index is 0.398. The maximum Gasteiger partial charge on any atom is 0.0459 e. The van der Waals surface area contributed by atoms with Crippen LogP contribution in [0.5, 0.6) is 0 Å². The summed E-state index contributed by atoms with van der Waals surface area (Å²) in [5, 5.41) is 8.80. The third-order valence-corrected chi connectivity index (χ3v) is 2.64. The van der Waals surface area contributed by atoms with Gasteiger partial charge in [-0.15, -0.1) is 0 Å². The van der Waals surface area contributed by atoms with Gasteiger partial charge in [-0.2, -0.15) is 0 Å². The van der Waals surface area contributed by atoms with Crippen LogP contribution in [-0.4, -0.2) is 11.7 Å². The van der Waals surface area contributed by atoms with E-state index in [9.17, 15) is 0 Å². The highest BCUT2D eigenvalue weighted by Gasteiger charge is 2.26. The highest BCUT2D eigenvalue weighted by Crippen LogP contribution is 2.34. The van der Waals surface area contributed by atoms with Crippen LogP contribution in [0.25, 0.3) is 0 Å². The second-order valence-electron chi connectivity index (χ2n) is 3.47. The van der Waals surface area contributed by atoms with E-state index in [-0.39, 0.29) is 0 Å². The standard InChI is InChI=1S/C8H16O/c1-6-3-8(5-9)4-7(6)2/h6-9H,3-5H2,1-2H3/t6-,7+,8+. The first kappa shape index (κ1) is 7.07. The quantitative estimate of drug-likeness (QED) is 0.569. The minimum Gasteiger partial charge on any atom is -0.396 e. The third-order valence-electron chi connectivity index (χ3n) is 2.64. The van der Waals surface area contributed by atoms with Crippen LogP contribution in [0.2, 0.25) is 0 Å².